The molecule has 1 aromatic carbocycles. The van der Waals surface area contributed by atoms with Gasteiger partial charge in [0.2, 0.25) is 0 Å². The molecular weight excluding hydrogens is 446 g/mol. The second kappa shape index (κ2) is 8.22. The Morgan fingerprint density at radius 1 is 1.19 bits per heavy atom. The van der Waals surface area contributed by atoms with Gasteiger partial charge in [-0.15, -0.1) is 0 Å². The maximum absolute atomic E-state index is 5.88. The summed E-state index contributed by atoms with van der Waals surface area (Å²) in [5.41, 5.74) is 23.4. The first-order chi connectivity index (χ1) is 10.1. The van der Waals surface area contributed by atoms with Gasteiger partial charge in [0, 0.05) is 0 Å². The molecule has 0 radical (unpaired) electrons. The topological polar surface area (TPSA) is 144 Å². The van der Waals surface area contributed by atoms with Gasteiger partial charge < -0.3 is 0 Å². The number of anilines is 3. The summed E-state index contributed by atoms with van der Waals surface area (Å²) in [5.74, 6) is 0.404. The van der Waals surface area contributed by atoms with Crippen molar-refractivity contribution >= 4 is 38.6 Å². The molecule has 120 valence electrons. The first-order valence-electron chi connectivity index (χ1n) is 5.83. The monoisotopic (exact) mass is 464 g/mol. The second-order valence-electron chi connectivity index (χ2n) is 3.97. The van der Waals surface area contributed by atoms with E-state index in [1.165, 1.54) is 0 Å². The quantitative estimate of drug-likeness (QED) is 0.132. The normalized spacial score (nSPS) is 18.9. The summed E-state index contributed by atoms with van der Waals surface area (Å²) in [6.45, 7) is 1.04. The van der Waals surface area contributed by atoms with E-state index in [0.717, 1.165) is 0 Å². The molecule has 1 aliphatic rings. The molecule has 0 spiro atoms. The van der Waals surface area contributed by atoms with Crippen LogP contribution < -0.4 is 52.4 Å². The van der Waals surface area contributed by atoms with E-state index in [1.807, 2.05) is 0 Å². The molecule has 8 nitrogen and oxygen atoms in total. The van der Waals surface area contributed by atoms with Gasteiger partial charge in [0.25, 0.3) is 0 Å². The molecule has 1 heterocycles. The Kier molecular flexibility index (Phi) is 6.90. The summed E-state index contributed by atoms with van der Waals surface area (Å²) in [5, 5.41) is 3.26. The van der Waals surface area contributed by atoms with Gasteiger partial charge >= 0.3 is 137 Å². The van der Waals surface area contributed by atoms with Crippen LogP contribution in [0.2, 0.25) is 0 Å². The van der Waals surface area contributed by atoms with Crippen LogP contribution in [0.5, 0.6) is 5.75 Å². The molecule has 0 aliphatic carbocycles. The minimum absolute atomic E-state index is 0.0611. The fourth-order valence-electron chi connectivity index (χ4n) is 1.62. The zero-order valence-electron chi connectivity index (χ0n) is 11.0. The van der Waals surface area contributed by atoms with Crippen LogP contribution in [0.3, 0.4) is 0 Å². The molecule has 0 saturated carbocycles. The van der Waals surface area contributed by atoms with Crippen LogP contribution in [0, 0.1) is 0 Å². The van der Waals surface area contributed by atoms with Gasteiger partial charge in [-0.05, 0) is 0 Å². The van der Waals surface area contributed by atoms with Gasteiger partial charge in [0.05, 0.1) is 0 Å². The molecule has 1 saturated heterocycles. The zero-order valence-corrected chi connectivity index (χ0v) is 16.1. The molecule has 2 rings (SSSR count). The van der Waals surface area contributed by atoms with Crippen molar-refractivity contribution in [1.29, 1.82) is 0 Å². The Morgan fingerprint density at radius 2 is 1.81 bits per heavy atom. The van der Waals surface area contributed by atoms with Crippen molar-refractivity contribution in [3.63, 3.8) is 0 Å². The molecule has 21 heavy (non-hydrogen) atoms. The molecule has 0 aromatic heterocycles. The summed E-state index contributed by atoms with van der Waals surface area (Å²) < 4.78 is 17.0. The first kappa shape index (κ1) is 17.6. The van der Waals surface area contributed by atoms with E-state index < -0.39 is 5.65 Å². The van der Waals surface area contributed by atoms with Crippen molar-refractivity contribution in [1.82, 2.24) is 5.09 Å². The Balaban J connectivity index is 2.02. The number of halogens is 1. The summed E-state index contributed by atoms with van der Waals surface area (Å²) in [6.07, 6.45) is 1.03. The molecule has 3 unspecified atom stereocenters. The van der Waals surface area contributed by atoms with Crippen molar-refractivity contribution in [2.75, 3.05) is 30.4 Å². The van der Waals surface area contributed by atoms with Crippen molar-refractivity contribution < 1.29 is 34.1 Å². The zero-order chi connectivity index (χ0) is 15.3. The number of nitrogen functional groups attached to an aromatic ring is 3. The number of nitrogens with two attached hydrogens (primary N) is 4. The maximum atomic E-state index is 5.88. The second-order valence-corrected chi connectivity index (χ2v) is 14.8. The number of hydrogen-bond acceptors (Lipinski definition) is 8. The van der Waals surface area contributed by atoms with Gasteiger partial charge in [-0.1, -0.05) is 0 Å². The number of ether oxygens (including phenoxy) is 2. The van der Waals surface area contributed by atoms with E-state index in [9.17, 15) is 0 Å². The van der Waals surface area contributed by atoms with E-state index >= 15 is 0 Å². The van der Waals surface area contributed by atoms with Crippen LogP contribution in [0.1, 0.15) is 0 Å². The van der Waals surface area contributed by atoms with E-state index in [4.69, 9.17) is 36.7 Å². The molecule has 1 fully saturated rings. The summed E-state index contributed by atoms with van der Waals surface area (Å²) >= 11 is -0.0611. The van der Waals surface area contributed by atoms with Crippen LogP contribution in [-0.4, -0.2) is 18.9 Å². The first-order valence-corrected chi connectivity index (χ1v) is 15.0. The number of benzene rings is 1. The van der Waals surface area contributed by atoms with Crippen molar-refractivity contribution in [2.24, 2.45) is 5.50 Å². The van der Waals surface area contributed by atoms with E-state index in [-0.39, 0.29) is 28.9 Å². The van der Waals surface area contributed by atoms with Crippen molar-refractivity contribution in [3.8, 4) is 5.75 Å². The van der Waals surface area contributed by atoms with Gasteiger partial charge in [0.1, 0.15) is 0 Å². The van der Waals surface area contributed by atoms with Crippen LogP contribution in [0.15, 0.2) is 12.1 Å². The Hall–Kier alpha value is 0.280. The fourth-order valence-corrected chi connectivity index (χ4v) is 7.92. The predicted molar refractivity (Wildman–Crippen MR) is 87.2 cm³/mol. The standard InChI is InChI=1S/C9H18IN5O3P3/c11-5-3-6(12)8(7(13)4-5)18-19-9(15-21-10-20-14)16-1-2-17-9/h3-4,15,19-21H,1-2,11-14H2/q-1. The molecule has 1 aliphatic heterocycles. The Labute approximate surface area is 137 Å². The molecule has 3 atom stereocenters. The third kappa shape index (κ3) is 4.88. The molecule has 0 bridgehead atoms. The average Bonchev–Trinajstić information content (AvgIpc) is 2.87. The average molecular weight is 464 g/mol. The summed E-state index contributed by atoms with van der Waals surface area (Å²) in [4.78, 5) is 0. The third-order valence-electron chi connectivity index (χ3n) is 2.46. The van der Waals surface area contributed by atoms with Gasteiger partial charge in [-0.3, -0.25) is 0 Å². The van der Waals surface area contributed by atoms with Crippen molar-refractivity contribution in [3.05, 3.63) is 12.1 Å². The predicted octanol–water partition coefficient (Wildman–Crippen LogP) is -2.28. The van der Waals surface area contributed by atoms with E-state index in [1.54, 1.807) is 12.1 Å². The molecule has 0 amide bonds. The van der Waals surface area contributed by atoms with Crippen LogP contribution in [0.25, 0.3) is 0 Å². The molecule has 12 heteroatoms. The number of rotatable bonds is 7. The van der Waals surface area contributed by atoms with Gasteiger partial charge in [-0.25, -0.2) is 0 Å². The van der Waals surface area contributed by atoms with Gasteiger partial charge in [0.15, 0.2) is 0 Å². The minimum atomic E-state index is -0.919. The summed E-state index contributed by atoms with van der Waals surface area (Å²) in [6, 6.07) is 3.21. The molecule has 1 aromatic rings. The summed E-state index contributed by atoms with van der Waals surface area (Å²) in [7, 11) is -0.135. The fraction of sp³-hybridized carbons (Fsp3) is 0.333. The van der Waals surface area contributed by atoms with E-state index in [2.05, 4.69) is 5.09 Å². The Morgan fingerprint density at radius 3 is 2.38 bits per heavy atom. The van der Waals surface area contributed by atoms with Gasteiger partial charge in [-0.2, -0.15) is 0 Å². The van der Waals surface area contributed by atoms with Crippen LogP contribution in [-0.2, 0) is 9.47 Å². The Bertz CT molecular complexity index is 469. The molecule has 9 N–H and O–H groups in total. The third-order valence-corrected chi connectivity index (χ3v) is 11.0. The van der Waals surface area contributed by atoms with Crippen LogP contribution >= 0.6 is 21.6 Å². The van der Waals surface area contributed by atoms with Crippen molar-refractivity contribution in [2.45, 2.75) is 5.65 Å². The van der Waals surface area contributed by atoms with E-state index in [0.29, 0.717) is 48.8 Å². The molecular formula is C9H18IN5O3P3-. The van der Waals surface area contributed by atoms with Crippen LogP contribution in [0.4, 0.5) is 17.1 Å². The SMILES string of the molecule is NP[I-]PNC1(POc2c(N)cc(N)cc2N)OCCO1. The number of hydrogen-bond donors (Lipinski definition) is 5. The number of nitrogens with one attached hydrogen (secondary N) is 1.